The van der Waals surface area contributed by atoms with Crippen LogP contribution < -0.4 is 16.5 Å². The summed E-state index contributed by atoms with van der Waals surface area (Å²) in [6, 6.07) is 11.2. The first-order chi connectivity index (χ1) is 16.1. The van der Waals surface area contributed by atoms with E-state index in [1.54, 1.807) is 6.33 Å². The SMILES string of the molecule is [B]c1cc2ccc(CC[C@@H]3CC[C@H](n4ccc5c(N)ncnc54)C3)cc2nc1NCC1CC1. The Kier molecular flexibility index (Phi) is 5.20. The van der Waals surface area contributed by atoms with Crippen LogP contribution in [-0.4, -0.2) is 33.9 Å². The molecular formula is C26H29BN6. The molecule has 0 spiro atoms. The summed E-state index contributed by atoms with van der Waals surface area (Å²) >= 11 is 0. The van der Waals surface area contributed by atoms with Crippen molar-refractivity contribution >= 4 is 46.9 Å². The third kappa shape index (κ3) is 4.17. The lowest BCUT2D eigenvalue weighted by Gasteiger charge is -2.15. The zero-order valence-electron chi connectivity index (χ0n) is 18.9. The molecule has 7 heteroatoms. The van der Waals surface area contributed by atoms with Crippen LogP contribution >= 0.6 is 0 Å². The van der Waals surface area contributed by atoms with Crippen molar-refractivity contribution in [3.8, 4) is 0 Å². The van der Waals surface area contributed by atoms with Gasteiger partial charge in [-0.15, -0.1) is 0 Å². The molecule has 2 fully saturated rings. The second-order valence-electron chi connectivity index (χ2n) is 9.87. The number of hydrogen-bond donors (Lipinski definition) is 2. The predicted molar refractivity (Wildman–Crippen MR) is 135 cm³/mol. The molecule has 166 valence electrons. The van der Waals surface area contributed by atoms with Crippen molar-refractivity contribution in [1.29, 1.82) is 0 Å². The molecule has 0 bridgehead atoms. The van der Waals surface area contributed by atoms with Crippen molar-refractivity contribution in [2.24, 2.45) is 11.8 Å². The van der Waals surface area contributed by atoms with Crippen LogP contribution in [0.5, 0.6) is 0 Å². The second kappa shape index (κ2) is 8.36. The van der Waals surface area contributed by atoms with Crippen molar-refractivity contribution < 1.29 is 0 Å². The molecule has 0 aliphatic heterocycles. The highest BCUT2D eigenvalue weighted by molar-refractivity contribution is 6.36. The molecule has 0 amide bonds. The highest BCUT2D eigenvalue weighted by Crippen LogP contribution is 2.39. The zero-order chi connectivity index (χ0) is 22.4. The van der Waals surface area contributed by atoms with E-state index in [4.69, 9.17) is 18.6 Å². The Morgan fingerprint density at radius 2 is 1.94 bits per heavy atom. The molecule has 0 saturated heterocycles. The van der Waals surface area contributed by atoms with Crippen LogP contribution in [0.2, 0.25) is 0 Å². The number of hydrogen-bond acceptors (Lipinski definition) is 5. The molecule has 3 heterocycles. The van der Waals surface area contributed by atoms with Crippen molar-refractivity contribution in [3.05, 3.63) is 48.4 Å². The minimum Gasteiger partial charge on any atom is -0.383 e. The Labute approximate surface area is 195 Å². The summed E-state index contributed by atoms with van der Waals surface area (Å²) in [5.74, 6) is 2.90. The summed E-state index contributed by atoms with van der Waals surface area (Å²) in [6.07, 6.45) is 12.2. The van der Waals surface area contributed by atoms with Gasteiger partial charge in [-0.3, -0.25) is 0 Å². The van der Waals surface area contributed by atoms with Crippen molar-refractivity contribution in [2.45, 2.75) is 51.0 Å². The van der Waals surface area contributed by atoms with Crippen LogP contribution in [-0.2, 0) is 6.42 Å². The fourth-order valence-electron chi connectivity index (χ4n) is 5.31. The van der Waals surface area contributed by atoms with E-state index in [9.17, 15) is 0 Å². The average Bonchev–Trinajstić information content (AvgIpc) is 3.35. The van der Waals surface area contributed by atoms with Gasteiger partial charge in [-0.2, -0.15) is 0 Å². The third-order valence-electron chi connectivity index (χ3n) is 7.45. The van der Waals surface area contributed by atoms with E-state index < -0.39 is 0 Å². The third-order valence-corrected chi connectivity index (χ3v) is 7.45. The van der Waals surface area contributed by atoms with Gasteiger partial charge in [-0.05, 0) is 79.9 Å². The molecule has 2 atom stereocenters. The molecule has 1 aromatic carbocycles. The number of benzene rings is 1. The van der Waals surface area contributed by atoms with Crippen LogP contribution in [0.4, 0.5) is 11.6 Å². The van der Waals surface area contributed by atoms with Crippen LogP contribution in [0.1, 0.15) is 50.1 Å². The maximum Gasteiger partial charge on any atom is 0.145 e. The number of nitrogen functional groups attached to an aromatic ring is 1. The lowest BCUT2D eigenvalue weighted by molar-refractivity contribution is 0.461. The highest BCUT2D eigenvalue weighted by atomic mass is 15.1. The molecule has 6 nitrogen and oxygen atoms in total. The number of anilines is 2. The van der Waals surface area contributed by atoms with E-state index in [2.05, 4.69) is 44.2 Å². The molecule has 2 aliphatic carbocycles. The van der Waals surface area contributed by atoms with Gasteiger partial charge in [-0.1, -0.05) is 23.7 Å². The molecule has 2 aliphatic rings. The van der Waals surface area contributed by atoms with E-state index in [-0.39, 0.29) is 0 Å². The molecule has 33 heavy (non-hydrogen) atoms. The molecule has 6 rings (SSSR count). The van der Waals surface area contributed by atoms with Crippen molar-refractivity contribution in [3.63, 3.8) is 0 Å². The molecule has 0 unspecified atom stereocenters. The number of aryl methyl sites for hydroxylation is 1. The summed E-state index contributed by atoms with van der Waals surface area (Å²) in [5.41, 5.74) is 10.1. The lowest BCUT2D eigenvalue weighted by atomic mass is 9.93. The maximum atomic E-state index is 6.23. The van der Waals surface area contributed by atoms with Gasteiger partial charge < -0.3 is 15.6 Å². The van der Waals surface area contributed by atoms with E-state index in [1.165, 1.54) is 44.1 Å². The van der Waals surface area contributed by atoms with Crippen molar-refractivity contribution in [2.75, 3.05) is 17.6 Å². The van der Waals surface area contributed by atoms with Crippen LogP contribution in [0.3, 0.4) is 0 Å². The van der Waals surface area contributed by atoms with E-state index in [0.717, 1.165) is 58.0 Å². The van der Waals surface area contributed by atoms with Gasteiger partial charge in [-0.25, -0.2) is 15.0 Å². The molecule has 4 aromatic rings. The van der Waals surface area contributed by atoms with Crippen LogP contribution in [0.25, 0.3) is 21.9 Å². The monoisotopic (exact) mass is 436 g/mol. The number of fused-ring (bicyclic) bond motifs is 2. The van der Waals surface area contributed by atoms with Crippen LogP contribution in [0.15, 0.2) is 42.9 Å². The molecule has 3 aromatic heterocycles. The maximum absolute atomic E-state index is 6.23. The molecule has 2 saturated carbocycles. The summed E-state index contributed by atoms with van der Waals surface area (Å²) in [5, 5.41) is 5.50. The minimum atomic E-state index is 0.489. The lowest BCUT2D eigenvalue weighted by Crippen LogP contribution is -2.16. The highest BCUT2D eigenvalue weighted by Gasteiger charge is 2.27. The van der Waals surface area contributed by atoms with E-state index in [1.807, 2.05) is 12.1 Å². The Bertz CT molecular complexity index is 1310. The standard InChI is InChI=1S/C26H29BN6/c27-22-13-19-7-5-17(12-23(19)32-25(22)29-14-18-3-4-18)2-1-16-6-8-20(11-16)33-10-9-21-24(28)30-15-31-26(21)33/h5,7,9-10,12-13,15-16,18,20H,1-4,6,8,11,14H2,(H,29,32)(H2,28,30,31)/t16-,20+/m1/s1. The molecule has 2 radical (unpaired) electrons. The summed E-state index contributed by atoms with van der Waals surface area (Å²) in [4.78, 5) is 13.4. The molecule has 3 N–H and O–H groups in total. The van der Waals surface area contributed by atoms with Gasteiger partial charge >= 0.3 is 0 Å². The topological polar surface area (TPSA) is 81.7 Å². The zero-order valence-corrected chi connectivity index (χ0v) is 18.9. The van der Waals surface area contributed by atoms with Gasteiger partial charge in [0.1, 0.15) is 31.5 Å². The first kappa shape index (κ1) is 20.5. The quantitative estimate of drug-likeness (QED) is 0.426. The normalized spacial score (nSPS) is 20.6. The molecular weight excluding hydrogens is 407 g/mol. The van der Waals surface area contributed by atoms with Crippen molar-refractivity contribution in [1.82, 2.24) is 19.5 Å². The average molecular weight is 436 g/mol. The summed E-state index contributed by atoms with van der Waals surface area (Å²) in [6.45, 7) is 0.973. The number of nitrogens with two attached hydrogens (primary N) is 1. The fourth-order valence-corrected chi connectivity index (χ4v) is 5.31. The Morgan fingerprint density at radius 3 is 2.82 bits per heavy atom. The Morgan fingerprint density at radius 1 is 1.06 bits per heavy atom. The van der Waals surface area contributed by atoms with Gasteiger partial charge in [0.15, 0.2) is 0 Å². The number of nitrogens with zero attached hydrogens (tertiary/aromatic N) is 4. The van der Waals surface area contributed by atoms with Gasteiger partial charge in [0, 0.05) is 18.8 Å². The second-order valence-corrected chi connectivity index (χ2v) is 9.87. The van der Waals surface area contributed by atoms with Crippen LogP contribution in [0, 0.1) is 11.8 Å². The number of aromatic nitrogens is 4. The predicted octanol–water partition coefficient (Wildman–Crippen LogP) is 4.15. The number of rotatable bonds is 7. The minimum absolute atomic E-state index is 0.489. The first-order valence-electron chi connectivity index (χ1n) is 12.1. The fraction of sp³-hybridized carbons (Fsp3) is 0.423. The van der Waals surface area contributed by atoms with E-state index in [0.29, 0.717) is 11.9 Å². The van der Waals surface area contributed by atoms with Gasteiger partial charge in [0.2, 0.25) is 0 Å². The summed E-state index contributed by atoms with van der Waals surface area (Å²) in [7, 11) is 6.23. The van der Waals surface area contributed by atoms with Gasteiger partial charge in [0.25, 0.3) is 0 Å². The Hall–Kier alpha value is -3.09. The number of nitrogens with one attached hydrogen (secondary N) is 1. The van der Waals surface area contributed by atoms with E-state index >= 15 is 0 Å². The van der Waals surface area contributed by atoms with Gasteiger partial charge in [0.05, 0.1) is 10.9 Å². The largest absolute Gasteiger partial charge is 0.383 e. The first-order valence-corrected chi connectivity index (χ1v) is 12.1. The smallest absolute Gasteiger partial charge is 0.145 e. The summed E-state index contributed by atoms with van der Waals surface area (Å²) < 4.78 is 2.30. The number of pyridine rings is 1. The Balaban J connectivity index is 1.12.